The number of nitrogens with zero attached hydrogens (tertiary/aromatic N) is 3. The molecule has 0 fully saturated rings. The van der Waals surface area contributed by atoms with E-state index in [0.717, 1.165) is 11.0 Å². The van der Waals surface area contributed by atoms with Gasteiger partial charge >= 0.3 is 0 Å². The number of hydrogen-bond acceptors (Lipinski definition) is 3. The molecule has 5 nitrogen and oxygen atoms in total. The third-order valence-corrected chi connectivity index (χ3v) is 4.75. The van der Waals surface area contributed by atoms with Crippen molar-refractivity contribution < 1.29 is 14.3 Å². The van der Waals surface area contributed by atoms with Crippen molar-refractivity contribution >= 4 is 34.2 Å². The van der Waals surface area contributed by atoms with Crippen LogP contribution in [0.15, 0.2) is 78.9 Å². The van der Waals surface area contributed by atoms with Crippen molar-refractivity contribution in [1.82, 2.24) is 9.90 Å². The summed E-state index contributed by atoms with van der Waals surface area (Å²) < 4.78 is 3.27. The fourth-order valence-corrected chi connectivity index (χ4v) is 3.20. The van der Waals surface area contributed by atoms with Gasteiger partial charge in [-0.2, -0.15) is 0 Å². The van der Waals surface area contributed by atoms with Gasteiger partial charge in [-0.1, -0.05) is 54.1 Å². The van der Waals surface area contributed by atoms with Gasteiger partial charge in [0.05, 0.1) is 5.21 Å². The van der Waals surface area contributed by atoms with E-state index >= 15 is 0 Å². The van der Waals surface area contributed by atoms with Crippen molar-refractivity contribution in [3.63, 3.8) is 0 Å². The van der Waals surface area contributed by atoms with Crippen LogP contribution in [0.25, 0.3) is 11.0 Å². The average molecular weight is 391 g/mol. The van der Waals surface area contributed by atoms with Crippen molar-refractivity contribution in [3.8, 4) is 0 Å². The van der Waals surface area contributed by atoms with E-state index in [-0.39, 0.29) is 24.7 Å². The number of halogens is 1. The van der Waals surface area contributed by atoms with E-state index in [1.807, 2.05) is 42.5 Å². The first-order valence-corrected chi connectivity index (χ1v) is 9.22. The molecule has 0 atom stereocenters. The molecule has 138 valence electrons. The van der Waals surface area contributed by atoms with E-state index in [2.05, 4.69) is 5.21 Å². The minimum atomic E-state index is -0.0774. The Balaban J connectivity index is 1.64. The number of aromatic nitrogens is 3. The normalized spacial score (nSPS) is 10.9. The summed E-state index contributed by atoms with van der Waals surface area (Å²) in [4.78, 5) is 25.2. The molecule has 0 saturated carbocycles. The molecule has 0 aliphatic carbocycles. The van der Waals surface area contributed by atoms with Crippen molar-refractivity contribution in [2.75, 3.05) is 0 Å². The Labute approximate surface area is 166 Å². The molecular formula is C22H17ClN3O2+. The third-order valence-electron chi connectivity index (χ3n) is 4.50. The lowest BCUT2D eigenvalue weighted by Gasteiger charge is -1.98. The van der Waals surface area contributed by atoms with E-state index in [1.54, 1.807) is 45.8 Å². The van der Waals surface area contributed by atoms with Gasteiger partial charge in [-0.3, -0.25) is 9.59 Å². The molecule has 0 unspecified atom stereocenters. The molecule has 1 heterocycles. The summed E-state index contributed by atoms with van der Waals surface area (Å²) in [7, 11) is 0. The van der Waals surface area contributed by atoms with Crippen LogP contribution in [0.4, 0.5) is 0 Å². The van der Waals surface area contributed by atoms with Crippen LogP contribution < -0.4 is 4.68 Å². The van der Waals surface area contributed by atoms with Crippen molar-refractivity contribution in [3.05, 3.63) is 95.0 Å². The fraction of sp³-hybridized carbons (Fsp3) is 0.0909. The minimum Gasteiger partial charge on any atom is -0.290 e. The van der Waals surface area contributed by atoms with Crippen LogP contribution in [0.5, 0.6) is 0 Å². The molecule has 0 aliphatic heterocycles. The van der Waals surface area contributed by atoms with Gasteiger partial charge in [-0.05, 0) is 36.4 Å². The number of ketones is 2. The van der Waals surface area contributed by atoms with Crippen LogP contribution in [-0.2, 0) is 13.1 Å². The number of para-hydroxylation sites is 2. The first-order valence-electron chi connectivity index (χ1n) is 8.84. The SMILES string of the molecule is O=C(Cn1n[n+](CC(=O)c2ccc(Cl)cc2)c2ccccc21)c1ccccc1. The molecule has 0 aliphatic rings. The number of hydrogen-bond donors (Lipinski definition) is 0. The summed E-state index contributed by atoms with van der Waals surface area (Å²) in [6.45, 7) is 0.182. The number of Topliss-reactive ketones (excluding diaryl/α,β-unsaturated/α-hetero) is 2. The van der Waals surface area contributed by atoms with Gasteiger partial charge in [0.1, 0.15) is 0 Å². The Morgan fingerprint density at radius 1 is 0.821 bits per heavy atom. The number of benzene rings is 3. The molecule has 0 saturated heterocycles. The minimum absolute atomic E-state index is 0.0370. The van der Waals surface area contributed by atoms with Crippen LogP contribution in [-0.4, -0.2) is 21.5 Å². The molecule has 0 amide bonds. The summed E-state index contributed by atoms with van der Waals surface area (Å²) in [5, 5.41) is 5.09. The lowest BCUT2D eigenvalue weighted by Crippen LogP contribution is -2.41. The highest BCUT2D eigenvalue weighted by molar-refractivity contribution is 6.30. The average Bonchev–Trinajstić information content (AvgIpc) is 3.06. The van der Waals surface area contributed by atoms with Crippen molar-refractivity contribution in [1.29, 1.82) is 0 Å². The maximum Gasteiger partial charge on any atom is 0.206 e. The molecule has 28 heavy (non-hydrogen) atoms. The number of rotatable bonds is 6. The van der Waals surface area contributed by atoms with E-state index < -0.39 is 0 Å². The topological polar surface area (TPSA) is 55.8 Å². The van der Waals surface area contributed by atoms with Crippen LogP contribution >= 0.6 is 11.6 Å². The second-order valence-corrected chi connectivity index (χ2v) is 6.85. The summed E-state index contributed by atoms with van der Waals surface area (Å²) in [6, 6.07) is 23.4. The van der Waals surface area contributed by atoms with Gasteiger partial charge in [0.15, 0.2) is 24.1 Å². The molecule has 4 rings (SSSR count). The Bertz CT molecular complexity index is 1150. The molecule has 4 aromatic rings. The van der Waals surface area contributed by atoms with Gasteiger partial charge in [0.2, 0.25) is 11.6 Å². The highest BCUT2D eigenvalue weighted by Gasteiger charge is 2.22. The van der Waals surface area contributed by atoms with E-state index in [0.29, 0.717) is 16.1 Å². The fourth-order valence-electron chi connectivity index (χ4n) is 3.08. The quantitative estimate of drug-likeness (QED) is 0.372. The van der Waals surface area contributed by atoms with Crippen LogP contribution in [0.1, 0.15) is 20.7 Å². The monoisotopic (exact) mass is 390 g/mol. The van der Waals surface area contributed by atoms with Gasteiger partial charge in [0, 0.05) is 16.1 Å². The van der Waals surface area contributed by atoms with Gasteiger partial charge in [0.25, 0.3) is 0 Å². The number of carbonyl (C=O) groups is 2. The Kier molecular flexibility index (Phi) is 5.00. The van der Waals surface area contributed by atoms with E-state index in [9.17, 15) is 9.59 Å². The summed E-state index contributed by atoms with van der Waals surface area (Å²) in [6.07, 6.45) is 0. The standard InChI is InChI=1S/C22H17ClN3O2/c23-18-12-10-17(11-13-18)22(28)15-26-20-9-5-4-8-19(20)25(24-26)14-21(27)16-6-2-1-3-7-16/h1-13H,14-15H2/q+1. The molecule has 6 heteroatoms. The highest BCUT2D eigenvalue weighted by Crippen LogP contribution is 2.13. The highest BCUT2D eigenvalue weighted by atomic mass is 35.5. The zero-order chi connectivity index (χ0) is 19.5. The maximum absolute atomic E-state index is 12.6. The van der Waals surface area contributed by atoms with Crippen LogP contribution in [0, 0.1) is 0 Å². The largest absolute Gasteiger partial charge is 0.290 e. The zero-order valence-electron chi connectivity index (χ0n) is 15.0. The maximum atomic E-state index is 12.6. The molecule has 0 N–H and O–H groups in total. The molecule has 0 bridgehead atoms. The lowest BCUT2D eigenvalue weighted by atomic mass is 10.1. The second kappa shape index (κ2) is 7.74. The lowest BCUT2D eigenvalue weighted by molar-refractivity contribution is -0.719. The second-order valence-electron chi connectivity index (χ2n) is 6.41. The Hall–Kier alpha value is -3.31. The third kappa shape index (κ3) is 3.70. The summed E-state index contributed by atoms with van der Waals surface area (Å²) >= 11 is 5.89. The van der Waals surface area contributed by atoms with E-state index in [1.165, 1.54) is 0 Å². The van der Waals surface area contributed by atoms with E-state index in [4.69, 9.17) is 11.6 Å². The van der Waals surface area contributed by atoms with Crippen LogP contribution in [0.3, 0.4) is 0 Å². The molecule has 1 aromatic heterocycles. The first-order chi connectivity index (χ1) is 13.6. The molecule has 3 aromatic carbocycles. The predicted molar refractivity (Wildman–Crippen MR) is 106 cm³/mol. The molecule has 0 radical (unpaired) electrons. The summed E-state index contributed by atoms with van der Waals surface area (Å²) in [5.41, 5.74) is 2.79. The molecular weight excluding hydrogens is 374 g/mol. The molecule has 0 spiro atoms. The van der Waals surface area contributed by atoms with Gasteiger partial charge < -0.3 is 0 Å². The smallest absolute Gasteiger partial charge is 0.206 e. The predicted octanol–water partition coefficient (Wildman–Crippen LogP) is 3.74. The zero-order valence-corrected chi connectivity index (χ0v) is 15.7. The van der Waals surface area contributed by atoms with Crippen molar-refractivity contribution in [2.24, 2.45) is 0 Å². The van der Waals surface area contributed by atoms with Crippen molar-refractivity contribution in [2.45, 2.75) is 13.1 Å². The van der Waals surface area contributed by atoms with Crippen LogP contribution in [0.2, 0.25) is 5.02 Å². The summed E-state index contributed by atoms with van der Waals surface area (Å²) in [5.74, 6) is -0.114. The number of fused-ring (bicyclic) bond motifs is 1. The Morgan fingerprint density at radius 2 is 1.46 bits per heavy atom. The Morgan fingerprint density at radius 3 is 2.21 bits per heavy atom. The first kappa shape index (κ1) is 18.1. The van der Waals surface area contributed by atoms with Gasteiger partial charge in [-0.25, -0.2) is 0 Å². The van der Waals surface area contributed by atoms with Gasteiger partial charge in [-0.15, -0.1) is 9.36 Å². The number of carbonyl (C=O) groups excluding carboxylic acids is 2.